The van der Waals surface area contributed by atoms with Crippen LogP contribution in [0.25, 0.3) is 0 Å². The monoisotopic (exact) mass is 891 g/mol. The molecule has 0 aliphatic heterocycles. The molecular weight excluding hydrogens is 793 g/mol. The van der Waals surface area contributed by atoms with Gasteiger partial charge in [0.25, 0.3) is 0 Å². The summed E-state index contributed by atoms with van der Waals surface area (Å²) in [7, 11) is 0. The van der Waals surface area contributed by atoms with Crippen molar-refractivity contribution in [2.24, 2.45) is 0 Å². The van der Waals surface area contributed by atoms with Gasteiger partial charge < -0.3 is 14.2 Å². The molecule has 0 aromatic heterocycles. The molecule has 0 saturated carbocycles. The van der Waals surface area contributed by atoms with Crippen LogP contribution in [0.5, 0.6) is 0 Å². The summed E-state index contributed by atoms with van der Waals surface area (Å²) in [4.78, 5) is 38.0. The summed E-state index contributed by atoms with van der Waals surface area (Å²) < 4.78 is 16.7. The van der Waals surface area contributed by atoms with Crippen LogP contribution in [0.2, 0.25) is 0 Å². The summed E-state index contributed by atoms with van der Waals surface area (Å²) in [6, 6.07) is 0. The van der Waals surface area contributed by atoms with Crippen LogP contribution in [0.15, 0.2) is 85.1 Å². The van der Waals surface area contributed by atoms with Crippen molar-refractivity contribution in [2.45, 2.75) is 252 Å². The molecule has 0 aliphatic carbocycles. The second-order valence-corrected chi connectivity index (χ2v) is 17.4. The van der Waals surface area contributed by atoms with Crippen LogP contribution in [0, 0.1) is 0 Å². The Morgan fingerprint density at radius 1 is 0.312 bits per heavy atom. The second kappa shape index (κ2) is 52.2. The van der Waals surface area contributed by atoms with Crippen LogP contribution < -0.4 is 0 Å². The van der Waals surface area contributed by atoms with E-state index in [4.69, 9.17) is 14.2 Å². The van der Waals surface area contributed by atoms with Gasteiger partial charge >= 0.3 is 17.9 Å². The molecule has 0 fully saturated rings. The fourth-order valence-electron chi connectivity index (χ4n) is 7.04. The lowest BCUT2D eigenvalue weighted by atomic mass is 10.1. The minimum Gasteiger partial charge on any atom is -0.462 e. The average Bonchev–Trinajstić information content (AvgIpc) is 3.29. The maximum absolute atomic E-state index is 12.8. The van der Waals surface area contributed by atoms with Gasteiger partial charge in [-0.2, -0.15) is 0 Å². The predicted molar refractivity (Wildman–Crippen MR) is 274 cm³/mol. The summed E-state index contributed by atoms with van der Waals surface area (Å²) in [5.41, 5.74) is 0. The molecule has 0 radical (unpaired) electrons. The Hall–Kier alpha value is -3.41. The van der Waals surface area contributed by atoms with Gasteiger partial charge in [0.1, 0.15) is 13.2 Å². The quantitative estimate of drug-likeness (QED) is 0.0262. The van der Waals surface area contributed by atoms with Crippen LogP contribution in [-0.4, -0.2) is 37.2 Å². The van der Waals surface area contributed by atoms with Gasteiger partial charge in [-0.1, -0.05) is 189 Å². The van der Waals surface area contributed by atoms with Crippen LogP contribution in [0.4, 0.5) is 0 Å². The SMILES string of the molecule is CCCCC/C=C\C/C=C\C/C=C\CCCCC(=O)OC[C@H](COC(=O)CCCCCCC/C=C\CCCCCCCCC)OC(=O)CCCC/C=C\C/C=C\C/C=C\CCCCC. The molecule has 0 spiro atoms. The van der Waals surface area contributed by atoms with Gasteiger partial charge in [0.15, 0.2) is 6.10 Å². The first kappa shape index (κ1) is 60.6. The molecule has 0 unspecified atom stereocenters. The van der Waals surface area contributed by atoms with Crippen LogP contribution >= 0.6 is 0 Å². The highest BCUT2D eigenvalue weighted by atomic mass is 16.6. The van der Waals surface area contributed by atoms with Crippen molar-refractivity contribution in [3.8, 4) is 0 Å². The van der Waals surface area contributed by atoms with Gasteiger partial charge in [-0.15, -0.1) is 0 Å². The molecule has 0 heterocycles. The van der Waals surface area contributed by atoms with E-state index in [9.17, 15) is 14.4 Å². The normalized spacial score (nSPS) is 12.7. The molecule has 0 bridgehead atoms. The predicted octanol–water partition coefficient (Wildman–Crippen LogP) is 17.6. The number of carbonyl (C=O) groups is 3. The van der Waals surface area contributed by atoms with Gasteiger partial charge in [-0.25, -0.2) is 0 Å². The molecule has 0 amide bonds. The Labute approximate surface area is 395 Å². The fourth-order valence-corrected chi connectivity index (χ4v) is 7.04. The largest absolute Gasteiger partial charge is 0.462 e. The zero-order chi connectivity index (χ0) is 46.5. The van der Waals surface area contributed by atoms with E-state index in [2.05, 4.69) is 106 Å². The van der Waals surface area contributed by atoms with Gasteiger partial charge in [0.05, 0.1) is 0 Å². The summed E-state index contributed by atoms with van der Waals surface area (Å²) in [5.74, 6) is -0.995. The molecule has 0 aromatic rings. The summed E-state index contributed by atoms with van der Waals surface area (Å²) in [6.07, 6.45) is 67.1. The molecule has 0 N–H and O–H groups in total. The third-order valence-electron chi connectivity index (χ3n) is 11.1. The lowest BCUT2D eigenvalue weighted by Gasteiger charge is -2.18. The first-order valence-corrected chi connectivity index (χ1v) is 26.6. The third-order valence-corrected chi connectivity index (χ3v) is 11.1. The highest BCUT2D eigenvalue weighted by Gasteiger charge is 2.19. The third kappa shape index (κ3) is 49.6. The molecule has 0 aromatic carbocycles. The van der Waals surface area contributed by atoms with E-state index in [1.807, 2.05) is 0 Å². The van der Waals surface area contributed by atoms with Crippen molar-refractivity contribution in [3.63, 3.8) is 0 Å². The highest BCUT2D eigenvalue weighted by molar-refractivity contribution is 5.71. The van der Waals surface area contributed by atoms with Gasteiger partial charge in [-0.05, 0) is 122 Å². The van der Waals surface area contributed by atoms with E-state index in [1.54, 1.807) is 0 Å². The van der Waals surface area contributed by atoms with Crippen molar-refractivity contribution in [1.29, 1.82) is 0 Å². The van der Waals surface area contributed by atoms with Crippen molar-refractivity contribution in [1.82, 2.24) is 0 Å². The van der Waals surface area contributed by atoms with Gasteiger partial charge in [-0.3, -0.25) is 14.4 Å². The lowest BCUT2D eigenvalue weighted by molar-refractivity contribution is -0.167. The van der Waals surface area contributed by atoms with Crippen LogP contribution in [0.1, 0.15) is 245 Å². The average molecular weight is 891 g/mol. The number of allylic oxidation sites excluding steroid dienone is 14. The number of unbranched alkanes of at least 4 members (excludes halogenated alkanes) is 22. The molecule has 0 rings (SSSR count). The smallest absolute Gasteiger partial charge is 0.306 e. The van der Waals surface area contributed by atoms with Crippen LogP contribution in [-0.2, 0) is 28.6 Å². The molecule has 6 heteroatoms. The van der Waals surface area contributed by atoms with Crippen molar-refractivity contribution >= 4 is 17.9 Å². The van der Waals surface area contributed by atoms with E-state index >= 15 is 0 Å². The van der Waals surface area contributed by atoms with E-state index in [0.29, 0.717) is 19.3 Å². The Morgan fingerprint density at radius 2 is 0.562 bits per heavy atom. The number of hydrogen-bond acceptors (Lipinski definition) is 6. The van der Waals surface area contributed by atoms with E-state index in [1.165, 1.54) is 109 Å². The minimum absolute atomic E-state index is 0.109. The Balaban J connectivity index is 4.52. The zero-order valence-electron chi connectivity index (χ0n) is 41.8. The summed E-state index contributed by atoms with van der Waals surface area (Å²) in [6.45, 7) is 6.50. The summed E-state index contributed by atoms with van der Waals surface area (Å²) >= 11 is 0. The van der Waals surface area contributed by atoms with E-state index in [-0.39, 0.29) is 37.5 Å². The first-order chi connectivity index (χ1) is 31.5. The first-order valence-electron chi connectivity index (χ1n) is 26.6. The Morgan fingerprint density at radius 3 is 0.953 bits per heavy atom. The van der Waals surface area contributed by atoms with Crippen molar-refractivity contribution in [3.05, 3.63) is 85.1 Å². The number of ether oxygens (including phenoxy) is 3. The van der Waals surface area contributed by atoms with Crippen molar-refractivity contribution in [2.75, 3.05) is 13.2 Å². The summed E-state index contributed by atoms with van der Waals surface area (Å²) in [5, 5.41) is 0. The number of rotatable bonds is 47. The number of carbonyl (C=O) groups excluding carboxylic acids is 3. The molecule has 0 saturated heterocycles. The maximum Gasteiger partial charge on any atom is 0.306 e. The number of esters is 3. The van der Waals surface area contributed by atoms with Gasteiger partial charge in [0, 0.05) is 19.3 Å². The molecule has 64 heavy (non-hydrogen) atoms. The number of hydrogen-bond donors (Lipinski definition) is 0. The fraction of sp³-hybridized carbons (Fsp3) is 0.707. The molecule has 366 valence electrons. The molecule has 1 atom stereocenters. The Bertz CT molecular complexity index is 1250. The zero-order valence-corrected chi connectivity index (χ0v) is 41.8. The maximum atomic E-state index is 12.8. The highest BCUT2D eigenvalue weighted by Crippen LogP contribution is 2.13. The molecule has 6 nitrogen and oxygen atoms in total. The minimum atomic E-state index is -0.815. The lowest BCUT2D eigenvalue weighted by Crippen LogP contribution is -2.30. The van der Waals surface area contributed by atoms with Crippen LogP contribution in [0.3, 0.4) is 0 Å². The topological polar surface area (TPSA) is 78.9 Å². The van der Waals surface area contributed by atoms with Crippen molar-refractivity contribution < 1.29 is 28.6 Å². The standard InChI is InChI=1S/C58H98O6/c1-4-7-10-13-16-19-22-25-28-31-33-36-39-42-45-48-51-57(60)63-54-55(64-58(61)52-49-46-43-40-37-34-30-27-24-21-18-15-12-9-6-3)53-62-56(59)50-47-44-41-38-35-32-29-26-23-20-17-14-11-8-5-2/h17-18,20-21,26-31,35,37-38,40,55H,4-16,19,22-25,32-34,36,39,41-54H2,1-3H3/b20-17-,21-18-,29-26-,30-27-,31-28-,38-35-,40-37-/t55-/m1/s1. The molecule has 0 aliphatic rings. The molecular formula is C58H98O6. The van der Waals surface area contributed by atoms with E-state index < -0.39 is 6.10 Å². The second-order valence-electron chi connectivity index (χ2n) is 17.4. The Kier molecular flexibility index (Phi) is 49.4. The van der Waals surface area contributed by atoms with Gasteiger partial charge in [0.2, 0.25) is 0 Å². The van der Waals surface area contributed by atoms with E-state index in [0.717, 1.165) is 89.9 Å².